The third-order valence-electron chi connectivity index (χ3n) is 6.31. The lowest BCUT2D eigenvalue weighted by Gasteiger charge is -2.39. The summed E-state index contributed by atoms with van der Waals surface area (Å²) >= 11 is 1.78. The number of nitrogens with one attached hydrogen (secondary N) is 1. The van der Waals surface area contributed by atoms with Gasteiger partial charge in [-0.15, -0.1) is 11.3 Å². The summed E-state index contributed by atoms with van der Waals surface area (Å²) in [5.41, 5.74) is 9.07. The zero-order valence-corrected chi connectivity index (χ0v) is 17.2. The SMILES string of the molecule is NC(=O)NC1C[C@H]2CC[C@@H](C1)N2Cc1ccc(Cc2nc3ccccc3s2)cc1. The highest BCUT2D eigenvalue weighted by Crippen LogP contribution is 2.37. The van der Waals surface area contributed by atoms with E-state index in [4.69, 9.17) is 10.7 Å². The van der Waals surface area contributed by atoms with Gasteiger partial charge in [-0.1, -0.05) is 36.4 Å². The van der Waals surface area contributed by atoms with Crippen LogP contribution in [-0.4, -0.2) is 34.0 Å². The predicted molar refractivity (Wildman–Crippen MR) is 117 cm³/mol. The Balaban J connectivity index is 1.22. The number of urea groups is 1. The van der Waals surface area contributed by atoms with E-state index in [1.807, 2.05) is 6.07 Å². The number of fused-ring (bicyclic) bond motifs is 3. The summed E-state index contributed by atoms with van der Waals surface area (Å²) in [4.78, 5) is 18.6. The highest BCUT2D eigenvalue weighted by Gasteiger charge is 2.40. The van der Waals surface area contributed by atoms with Crippen molar-refractivity contribution in [2.24, 2.45) is 5.73 Å². The first-order chi connectivity index (χ1) is 14.1. The van der Waals surface area contributed by atoms with Crippen molar-refractivity contribution in [1.82, 2.24) is 15.2 Å². The minimum atomic E-state index is -0.397. The third kappa shape index (κ3) is 4.00. The van der Waals surface area contributed by atoms with Crippen molar-refractivity contribution in [1.29, 1.82) is 0 Å². The molecule has 2 aliphatic rings. The van der Waals surface area contributed by atoms with Crippen molar-refractivity contribution in [2.45, 2.75) is 56.8 Å². The molecule has 5 nitrogen and oxygen atoms in total. The van der Waals surface area contributed by atoms with Crippen LogP contribution in [0.15, 0.2) is 48.5 Å². The average molecular weight is 407 g/mol. The first-order valence-corrected chi connectivity index (χ1v) is 11.2. The molecule has 150 valence electrons. The molecule has 2 aromatic carbocycles. The molecule has 5 rings (SSSR count). The summed E-state index contributed by atoms with van der Waals surface area (Å²) in [5, 5.41) is 4.08. The number of nitrogens with zero attached hydrogens (tertiary/aromatic N) is 2. The molecule has 29 heavy (non-hydrogen) atoms. The molecule has 2 amide bonds. The molecule has 0 aliphatic carbocycles. The molecule has 6 heteroatoms. The summed E-state index contributed by atoms with van der Waals surface area (Å²) in [7, 11) is 0. The zero-order chi connectivity index (χ0) is 19.8. The lowest BCUT2D eigenvalue weighted by atomic mass is 9.96. The molecule has 2 bridgehead atoms. The molecule has 1 unspecified atom stereocenters. The van der Waals surface area contributed by atoms with Gasteiger partial charge in [-0.05, 0) is 48.9 Å². The van der Waals surface area contributed by atoms with E-state index in [0.29, 0.717) is 12.1 Å². The van der Waals surface area contributed by atoms with E-state index in [2.05, 4.69) is 52.7 Å². The quantitative estimate of drug-likeness (QED) is 0.671. The number of primary amides is 1. The molecule has 3 heterocycles. The Morgan fingerprint density at radius 1 is 1.07 bits per heavy atom. The topological polar surface area (TPSA) is 71.2 Å². The van der Waals surface area contributed by atoms with E-state index < -0.39 is 6.03 Å². The lowest BCUT2D eigenvalue weighted by Crippen LogP contribution is -2.51. The van der Waals surface area contributed by atoms with Crippen LogP contribution in [0, 0.1) is 0 Å². The Morgan fingerprint density at radius 3 is 2.45 bits per heavy atom. The van der Waals surface area contributed by atoms with Crippen LogP contribution in [0.2, 0.25) is 0 Å². The van der Waals surface area contributed by atoms with Crippen LogP contribution in [0.25, 0.3) is 10.2 Å². The molecule has 0 radical (unpaired) electrons. The van der Waals surface area contributed by atoms with E-state index in [1.54, 1.807) is 11.3 Å². The fourth-order valence-corrected chi connectivity index (χ4v) is 6.00. The highest BCUT2D eigenvalue weighted by atomic mass is 32.1. The molecule has 2 fully saturated rings. The molecular weight excluding hydrogens is 380 g/mol. The smallest absolute Gasteiger partial charge is 0.312 e. The number of aromatic nitrogens is 1. The molecule has 1 aromatic heterocycles. The van der Waals surface area contributed by atoms with Crippen molar-refractivity contribution in [3.63, 3.8) is 0 Å². The normalized spacial score (nSPS) is 24.1. The Labute approximate surface area is 174 Å². The van der Waals surface area contributed by atoms with E-state index in [9.17, 15) is 4.79 Å². The van der Waals surface area contributed by atoms with Crippen LogP contribution in [0.1, 0.15) is 41.8 Å². The zero-order valence-electron chi connectivity index (χ0n) is 16.4. The minimum absolute atomic E-state index is 0.234. The standard InChI is InChI=1S/C23H26N4OS/c24-23(28)25-17-12-18-9-10-19(13-17)27(18)14-16-7-5-15(6-8-16)11-22-26-20-3-1-2-4-21(20)29-22/h1-8,17-19H,9-14H2,(H3,24,25,28)/t17?,18-,19+. The van der Waals surface area contributed by atoms with Crippen LogP contribution < -0.4 is 11.1 Å². The molecular formula is C23H26N4OS. The lowest BCUT2D eigenvalue weighted by molar-refractivity contribution is 0.112. The van der Waals surface area contributed by atoms with Gasteiger partial charge in [0.05, 0.1) is 15.2 Å². The number of hydrogen-bond donors (Lipinski definition) is 2. The number of rotatable bonds is 5. The average Bonchev–Trinajstić information content (AvgIpc) is 3.20. The summed E-state index contributed by atoms with van der Waals surface area (Å²) in [5.74, 6) is 0. The number of para-hydroxylation sites is 1. The van der Waals surface area contributed by atoms with Crippen molar-refractivity contribution >= 4 is 27.6 Å². The van der Waals surface area contributed by atoms with Crippen LogP contribution in [0.5, 0.6) is 0 Å². The Bertz CT molecular complexity index is 968. The summed E-state index contributed by atoms with van der Waals surface area (Å²) in [6.45, 7) is 0.986. The number of amides is 2. The van der Waals surface area contributed by atoms with Crippen LogP contribution in [-0.2, 0) is 13.0 Å². The van der Waals surface area contributed by atoms with Gasteiger partial charge in [0.25, 0.3) is 0 Å². The van der Waals surface area contributed by atoms with E-state index >= 15 is 0 Å². The van der Waals surface area contributed by atoms with Gasteiger partial charge < -0.3 is 11.1 Å². The summed E-state index contributed by atoms with van der Waals surface area (Å²) in [6, 6.07) is 18.3. The van der Waals surface area contributed by atoms with E-state index in [1.165, 1.54) is 33.7 Å². The van der Waals surface area contributed by atoms with Crippen LogP contribution >= 0.6 is 11.3 Å². The number of thiazole rings is 1. The van der Waals surface area contributed by atoms with Gasteiger partial charge in [-0.25, -0.2) is 9.78 Å². The number of nitrogens with two attached hydrogens (primary N) is 1. The molecule has 3 N–H and O–H groups in total. The number of carbonyl (C=O) groups excluding carboxylic acids is 1. The highest BCUT2D eigenvalue weighted by molar-refractivity contribution is 7.18. The number of hydrogen-bond acceptors (Lipinski definition) is 4. The number of carbonyl (C=O) groups is 1. The third-order valence-corrected chi connectivity index (χ3v) is 7.35. The largest absolute Gasteiger partial charge is 0.352 e. The fourth-order valence-electron chi connectivity index (χ4n) is 4.99. The van der Waals surface area contributed by atoms with Crippen LogP contribution in [0.4, 0.5) is 4.79 Å². The minimum Gasteiger partial charge on any atom is -0.352 e. The van der Waals surface area contributed by atoms with Gasteiger partial charge in [0.1, 0.15) is 0 Å². The fraction of sp³-hybridized carbons (Fsp3) is 0.391. The predicted octanol–water partition coefficient (Wildman–Crippen LogP) is 4.05. The monoisotopic (exact) mass is 406 g/mol. The van der Waals surface area contributed by atoms with Crippen molar-refractivity contribution in [3.8, 4) is 0 Å². The van der Waals surface area contributed by atoms with Crippen molar-refractivity contribution in [2.75, 3.05) is 0 Å². The maximum atomic E-state index is 11.2. The molecule has 2 saturated heterocycles. The molecule has 3 aromatic rings. The second-order valence-corrected chi connectivity index (χ2v) is 9.42. The van der Waals surface area contributed by atoms with Gasteiger partial charge in [-0.3, -0.25) is 4.90 Å². The number of benzene rings is 2. The molecule has 2 aliphatic heterocycles. The van der Waals surface area contributed by atoms with Gasteiger partial charge in [0.15, 0.2) is 0 Å². The van der Waals surface area contributed by atoms with Gasteiger partial charge in [-0.2, -0.15) is 0 Å². The van der Waals surface area contributed by atoms with E-state index in [0.717, 1.165) is 31.3 Å². The first-order valence-electron chi connectivity index (χ1n) is 10.4. The second kappa shape index (κ2) is 7.76. The first kappa shape index (κ1) is 18.6. The van der Waals surface area contributed by atoms with E-state index in [-0.39, 0.29) is 6.04 Å². The van der Waals surface area contributed by atoms with Gasteiger partial charge >= 0.3 is 6.03 Å². The molecule has 0 spiro atoms. The number of piperidine rings is 1. The summed E-state index contributed by atoms with van der Waals surface area (Å²) < 4.78 is 1.25. The van der Waals surface area contributed by atoms with Crippen LogP contribution in [0.3, 0.4) is 0 Å². The Hall–Kier alpha value is -2.44. The van der Waals surface area contributed by atoms with Crippen molar-refractivity contribution in [3.05, 3.63) is 64.7 Å². The maximum Gasteiger partial charge on any atom is 0.312 e. The maximum absolute atomic E-state index is 11.2. The second-order valence-electron chi connectivity index (χ2n) is 8.30. The van der Waals surface area contributed by atoms with Crippen molar-refractivity contribution < 1.29 is 4.79 Å². The summed E-state index contributed by atoms with van der Waals surface area (Å²) in [6.07, 6.45) is 5.34. The molecule has 3 atom stereocenters. The molecule has 0 saturated carbocycles. The van der Waals surface area contributed by atoms with Gasteiger partial charge in [0.2, 0.25) is 0 Å². The Kier molecular flexibility index (Phi) is 4.97. The Morgan fingerprint density at radius 2 is 1.76 bits per heavy atom. The van der Waals surface area contributed by atoms with Gasteiger partial charge in [0, 0.05) is 31.1 Å².